The molecule has 116 valence electrons. The second-order valence-electron chi connectivity index (χ2n) is 5.01. The van der Waals surface area contributed by atoms with Crippen molar-refractivity contribution in [1.82, 2.24) is 10.3 Å². The maximum Gasteiger partial charge on any atom is 0.246 e. The average molecular weight is 290 g/mol. The smallest absolute Gasteiger partial charge is 0.246 e. The van der Waals surface area contributed by atoms with E-state index in [-0.39, 0.29) is 17.9 Å². The number of carbonyl (C=O) groups is 1. The Morgan fingerprint density at radius 1 is 1.48 bits per heavy atom. The van der Waals surface area contributed by atoms with Crippen LogP contribution in [0.1, 0.15) is 33.1 Å². The third kappa shape index (κ3) is 4.63. The third-order valence-corrected chi connectivity index (χ3v) is 3.74. The van der Waals surface area contributed by atoms with Crippen LogP contribution in [-0.4, -0.2) is 43.0 Å². The van der Waals surface area contributed by atoms with E-state index in [1.54, 1.807) is 18.5 Å². The summed E-state index contributed by atoms with van der Waals surface area (Å²) in [6, 6.07) is -0.161. The first-order chi connectivity index (χ1) is 10.2. The number of hydrogen-bond acceptors (Lipinski definition) is 4. The fourth-order valence-electron chi connectivity index (χ4n) is 2.56. The lowest BCUT2D eigenvalue weighted by Gasteiger charge is -2.31. The maximum atomic E-state index is 12.7. The van der Waals surface area contributed by atoms with Gasteiger partial charge in [-0.05, 0) is 44.8 Å². The van der Waals surface area contributed by atoms with Crippen LogP contribution in [-0.2, 0) is 4.79 Å². The summed E-state index contributed by atoms with van der Waals surface area (Å²) >= 11 is 0. The molecule has 0 aromatic rings. The molecule has 1 aliphatic rings. The van der Waals surface area contributed by atoms with Gasteiger partial charge in [-0.3, -0.25) is 9.79 Å². The molecule has 0 aromatic carbocycles. The van der Waals surface area contributed by atoms with Crippen LogP contribution >= 0.6 is 0 Å². The highest BCUT2D eigenvalue weighted by atomic mass is 16.2. The lowest BCUT2D eigenvalue weighted by molar-refractivity contribution is -0.138. The van der Waals surface area contributed by atoms with Crippen LogP contribution in [0.25, 0.3) is 0 Å². The summed E-state index contributed by atoms with van der Waals surface area (Å²) in [7, 11) is 0. The lowest BCUT2D eigenvalue weighted by atomic mass is 9.95. The van der Waals surface area contributed by atoms with Crippen molar-refractivity contribution in [2.24, 2.45) is 16.0 Å². The quantitative estimate of drug-likeness (QED) is 0.444. The molecule has 1 unspecified atom stereocenters. The molecule has 0 aromatic heterocycles. The monoisotopic (exact) mass is 290 g/mol. The van der Waals surface area contributed by atoms with Crippen molar-refractivity contribution in [2.75, 3.05) is 13.1 Å². The molecule has 5 heteroatoms. The van der Waals surface area contributed by atoms with Crippen LogP contribution in [0, 0.1) is 5.92 Å². The molecule has 5 nitrogen and oxygen atoms in total. The summed E-state index contributed by atoms with van der Waals surface area (Å²) in [6.45, 7) is 13.0. The molecule has 0 spiro atoms. The first-order valence-corrected chi connectivity index (χ1v) is 7.50. The summed E-state index contributed by atoms with van der Waals surface area (Å²) in [5.41, 5.74) is 0.880. The van der Waals surface area contributed by atoms with E-state index in [2.05, 4.69) is 28.7 Å². The molecule has 1 amide bonds. The molecule has 1 N–H and O–H groups in total. The molecule has 1 atom stereocenters. The Labute approximate surface area is 127 Å². The van der Waals surface area contributed by atoms with Gasteiger partial charge < -0.3 is 5.32 Å². The number of aliphatic imine (C=N–C) groups is 1. The van der Waals surface area contributed by atoms with Crippen molar-refractivity contribution in [3.63, 3.8) is 0 Å². The van der Waals surface area contributed by atoms with Crippen LogP contribution < -0.4 is 5.32 Å². The molecule has 1 saturated heterocycles. The summed E-state index contributed by atoms with van der Waals surface area (Å²) in [4.78, 5) is 16.8. The van der Waals surface area contributed by atoms with Crippen molar-refractivity contribution in [3.8, 4) is 0 Å². The second kappa shape index (κ2) is 9.23. The minimum absolute atomic E-state index is 0.0199. The van der Waals surface area contributed by atoms with Gasteiger partial charge in [-0.25, -0.2) is 5.01 Å². The van der Waals surface area contributed by atoms with Crippen molar-refractivity contribution in [3.05, 3.63) is 24.4 Å². The maximum absolute atomic E-state index is 12.7. The van der Waals surface area contributed by atoms with Crippen molar-refractivity contribution >= 4 is 18.8 Å². The van der Waals surface area contributed by atoms with E-state index in [1.165, 1.54) is 5.01 Å². The Kier molecular flexibility index (Phi) is 7.61. The highest BCUT2D eigenvalue weighted by molar-refractivity contribution is 5.79. The van der Waals surface area contributed by atoms with Crippen LogP contribution in [0.15, 0.2) is 34.5 Å². The fraction of sp³-hybridized carbons (Fsp3) is 0.562. The predicted octanol–water partition coefficient (Wildman–Crippen LogP) is 2.37. The van der Waals surface area contributed by atoms with Gasteiger partial charge >= 0.3 is 0 Å². The van der Waals surface area contributed by atoms with Crippen LogP contribution in [0.3, 0.4) is 0 Å². The molecule has 1 rings (SSSR count). The van der Waals surface area contributed by atoms with Gasteiger partial charge in [-0.2, -0.15) is 5.10 Å². The normalized spacial score (nSPS) is 18.5. The van der Waals surface area contributed by atoms with Gasteiger partial charge in [0.15, 0.2) is 0 Å². The van der Waals surface area contributed by atoms with Gasteiger partial charge in [0.1, 0.15) is 0 Å². The highest BCUT2D eigenvalue weighted by Gasteiger charge is 2.30. The van der Waals surface area contributed by atoms with Crippen LogP contribution in [0.2, 0.25) is 0 Å². The standard InChI is InChI=1S/C16H26N4O/c1-5-13(12-18-7-3)15(6-2)20(17-4)16(21)14-8-10-19-11-9-14/h5,7,12,14-15,19H,1,4,6,8-11H2,2-3H3/b13-12+,18-7?. The van der Waals surface area contributed by atoms with Gasteiger partial charge in [0.2, 0.25) is 5.91 Å². The summed E-state index contributed by atoms with van der Waals surface area (Å²) in [5, 5.41) is 8.76. The number of hydrogen-bond donors (Lipinski definition) is 1. The zero-order chi connectivity index (χ0) is 15.7. The molecule has 0 saturated carbocycles. The van der Waals surface area contributed by atoms with Crippen molar-refractivity contribution < 1.29 is 4.79 Å². The molecule has 0 aliphatic carbocycles. The summed E-state index contributed by atoms with van der Waals surface area (Å²) in [5.74, 6) is 0.0677. The molecular weight excluding hydrogens is 264 g/mol. The lowest BCUT2D eigenvalue weighted by Crippen LogP contribution is -2.43. The van der Waals surface area contributed by atoms with Gasteiger partial charge in [0.25, 0.3) is 0 Å². The number of nitrogens with one attached hydrogen (secondary N) is 1. The Balaban J connectivity index is 2.94. The summed E-state index contributed by atoms with van der Waals surface area (Å²) in [6.07, 6.45) is 7.61. The molecule has 21 heavy (non-hydrogen) atoms. The van der Waals surface area contributed by atoms with E-state index in [1.807, 2.05) is 13.8 Å². The van der Waals surface area contributed by atoms with Gasteiger partial charge in [-0.15, -0.1) is 0 Å². The first-order valence-electron chi connectivity index (χ1n) is 7.50. The number of piperidine rings is 1. The fourth-order valence-corrected chi connectivity index (χ4v) is 2.56. The predicted molar refractivity (Wildman–Crippen MR) is 88.5 cm³/mol. The van der Waals surface area contributed by atoms with E-state index in [0.717, 1.165) is 37.9 Å². The SMILES string of the molecule is C=C/C(=C\N=CC)C(CC)N(N=C)C(=O)C1CCNCC1. The Morgan fingerprint density at radius 2 is 2.14 bits per heavy atom. The number of rotatable bonds is 7. The molecule has 1 aliphatic heterocycles. The van der Waals surface area contributed by atoms with E-state index in [0.29, 0.717) is 0 Å². The molecule has 0 radical (unpaired) electrons. The first kappa shape index (κ1) is 17.3. The van der Waals surface area contributed by atoms with E-state index in [4.69, 9.17) is 0 Å². The number of hydrazone groups is 1. The van der Waals surface area contributed by atoms with Crippen LogP contribution in [0.5, 0.6) is 0 Å². The second-order valence-corrected chi connectivity index (χ2v) is 5.01. The number of amides is 1. The Morgan fingerprint density at radius 3 is 2.62 bits per heavy atom. The molecule has 1 heterocycles. The topological polar surface area (TPSA) is 57.1 Å². The van der Waals surface area contributed by atoms with Gasteiger partial charge in [0.05, 0.1) is 6.04 Å². The zero-order valence-electron chi connectivity index (χ0n) is 13.1. The largest absolute Gasteiger partial charge is 0.317 e. The van der Waals surface area contributed by atoms with E-state index in [9.17, 15) is 4.79 Å². The van der Waals surface area contributed by atoms with E-state index >= 15 is 0 Å². The minimum atomic E-state index is -0.161. The number of nitrogens with zero attached hydrogens (tertiary/aromatic N) is 3. The average Bonchev–Trinajstić information content (AvgIpc) is 2.54. The van der Waals surface area contributed by atoms with Crippen molar-refractivity contribution in [1.29, 1.82) is 0 Å². The van der Waals surface area contributed by atoms with Crippen molar-refractivity contribution in [2.45, 2.75) is 39.2 Å². The van der Waals surface area contributed by atoms with Gasteiger partial charge in [0, 0.05) is 25.0 Å². The molecule has 1 fully saturated rings. The Bertz CT molecular complexity index is 422. The minimum Gasteiger partial charge on any atom is -0.317 e. The van der Waals surface area contributed by atoms with Gasteiger partial charge in [-0.1, -0.05) is 19.6 Å². The summed E-state index contributed by atoms with van der Waals surface area (Å²) < 4.78 is 0. The molecule has 0 bridgehead atoms. The third-order valence-electron chi connectivity index (χ3n) is 3.74. The highest BCUT2D eigenvalue weighted by Crippen LogP contribution is 2.22. The number of carbonyl (C=O) groups excluding carboxylic acids is 1. The molecular formula is C16H26N4O. The zero-order valence-corrected chi connectivity index (χ0v) is 13.1. The Hall–Kier alpha value is -1.75. The van der Waals surface area contributed by atoms with Crippen LogP contribution in [0.4, 0.5) is 0 Å². The van der Waals surface area contributed by atoms with E-state index < -0.39 is 0 Å².